The van der Waals surface area contributed by atoms with E-state index in [4.69, 9.17) is 4.74 Å². The van der Waals surface area contributed by atoms with Crippen molar-refractivity contribution in [3.05, 3.63) is 52.5 Å². The number of nitrogens with one attached hydrogen (secondary N) is 2. The van der Waals surface area contributed by atoms with Crippen molar-refractivity contribution in [2.24, 2.45) is 0 Å². The van der Waals surface area contributed by atoms with Crippen LogP contribution < -0.4 is 15.4 Å². The van der Waals surface area contributed by atoms with E-state index in [1.54, 1.807) is 24.3 Å². The molecule has 0 heterocycles. The molecule has 4 nitrogen and oxygen atoms in total. The summed E-state index contributed by atoms with van der Waals surface area (Å²) < 4.78 is 44.0. The molecular weight excluding hydrogens is 401 g/mol. The quantitative estimate of drug-likeness (QED) is 0.702. The topological polar surface area (TPSA) is 50.4 Å². The number of para-hydroxylation sites is 2. The van der Waals surface area contributed by atoms with Gasteiger partial charge in [0.15, 0.2) is 0 Å². The van der Waals surface area contributed by atoms with E-state index in [2.05, 4.69) is 26.6 Å². The molecule has 2 N–H and O–H groups in total. The fraction of sp³-hybridized carbons (Fsp3) is 0.235. The first-order valence-electron chi connectivity index (χ1n) is 7.43. The van der Waals surface area contributed by atoms with E-state index >= 15 is 0 Å². The lowest BCUT2D eigenvalue weighted by Gasteiger charge is -2.14. The van der Waals surface area contributed by atoms with Crippen LogP contribution in [0.3, 0.4) is 0 Å². The first-order chi connectivity index (χ1) is 11.8. The molecule has 2 aromatic carbocycles. The molecule has 134 valence electrons. The highest BCUT2D eigenvalue weighted by Gasteiger charge is 2.33. The summed E-state index contributed by atoms with van der Waals surface area (Å²) in [5.74, 6) is 0.130. The highest BCUT2D eigenvalue weighted by Crippen LogP contribution is 2.36. The number of hydrogen-bond acceptors (Lipinski definition) is 3. The summed E-state index contributed by atoms with van der Waals surface area (Å²) in [6.45, 7) is 2.09. The molecule has 0 atom stereocenters. The second-order valence-electron chi connectivity index (χ2n) is 5.02. The Hall–Kier alpha value is -2.22. The Morgan fingerprint density at radius 2 is 1.92 bits per heavy atom. The van der Waals surface area contributed by atoms with Crippen molar-refractivity contribution in [1.29, 1.82) is 0 Å². The highest BCUT2D eigenvalue weighted by atomic mass is 79.9. The van der Waals surface area contributed by atoms with Gasteiger partial charge in [-0.05, 0) is 37.3 Å². The van der Waals surface area contributed by atoms with Crippen molar-refractivity contribution < 1.29 is 22.7 Å². The molecule has 0 unspecified atom stereocenters. The van der Waals surface area contributed by atoms with E-state index in [0.717, 1.165) is 6.07 Å². The number of ether oxygens (including phenoxy) is 1. The highest BCUT2D eigenvalue weighted by molar-refractivity contribution is 9.10. The van der Waals surface area contributed by atoms with Gasteiger partial charge in [-0.1, -0.05) is 28.1 Å². The number of hydrogen-bond donors (Lipinski definition) is 2. The van der Waals surface area contributed by atoms with Gasteiger partial charge in [-0.25, -0.2) is 0 Å². The number of carbonyl (C=O) groups is 1. The number of amides is 1. The van der Waals surface area contributed by atoms with Crippen molar-refractivity contribution in [3.8, 4) is 5.75 Å². The van der Waals surface area contributed by atoms with Gasteiger partial charge in [0.2, 0.25) is 5.91 Å². The van der Waals surface area contributed by atoms with Crippen molar-refractivity contribution >= 4 is 33.2 Å². The van der Waals surface area contributed by atoms with Gasteiger partial charge in [0.1, 0.15) is 5.75 Å². The number of rotatable bonds is 6. The van der Waals surface area contributed by atoms with E-state index in [0.29, 0.717) is 18.0 Å². The zero-order valence-electron chi connectivity index (χ0n) is 13.3. The molecule has 1 amide bonds. The Balaban J connectivity index is 2.01. The lowest BCUT2D eigenvalue weighted by Crippen LogP contribution is -2.22. The molecule has 0 aliphatic heterocycles. The predicted molar refractivity (Wildman–Crippen MR) is 93.9 cm³/mol. The van der Waals surface area contributed by atoms with Crippen LogP contribution in [0.4, 0.5) is 24.5 Å². The lowest BCUT2D eigenvalue weighted by atomic mass is 10.2. The Morgan fingerprint density at radius 1 is 1.20 bits per heavy atom. The fourth-order valence-corrected chi connectivity index (χ4v) is 2.55. The maximum absolute atomic E-state index is 12.9. The van der Waals surface area contributed by atoms with E-state index in [1.165, 1.54) is 12.1 Å². The third-order valence-electron chi connectivity index (χ3n) is 3.19. The van der Waals surface area contributed by atoms with Crippen LogP contribution in [0.1, 0.15) is 12.5 Å². The van der Waals surface area contributed by atoms with Crippen LogP contribution in [0.25, 0.3) is 0 Å². The minimum absolute atomic E-state index is 0.0550. The molecule has 0 spiro atoms. The second kappa shape index (κ2) is 8.24. The van der Waals surface area contributed by atoms with Crippen LogP contribution in [-0.4, -0.2) is 19.1 Å². The van der Waals surface area contributed by atoms with Gasteiger partial charge in [-0.2, -0.15) is 13.2 Å². The van der Waals surface area contributed by atoms with E-state index in [-0.39, 0.29) is 16.7 Å². The molecule has 0 saturated heterocycles. The molecule has 0 aliphatic carbocycles. The Bertz CT molecular complexity index is 751. The molecule has 2 rings (SSSR count). The zero-order valence-corrected chi connectivity index (χ0v) is 14.9. The van der Waals surface area contributed by atoms with E-state index in [9.17, 15) is 18.0 Å². The normalized spacial score (nSPS) is 11.1. The first-order valence-corrected chi connectivity index (χ1v) is 8.23. The Morgan fingerprint density at radius 3 is 2.60 bits per heavy atom. The maximum Gasteiger partial charge on any atom is 0.417 e. The number of alkyl halides is 3. The van der Waals surface area contributed by atoms with Gasteiger partial charge in [-0.3, -0.25) is 4.79 Å². The number of anilines is 2. The molecule has 0 aromatic heterocycles. The summed E-state index contributed by atoms with van der Waals surface area (Å²) >= 11 is 2.87. The van der Waals surface area contributed by atoms with Crippen molar-refractivity contribution in [3.63, 3.8) is 0 Å². The van der Waals surface area contributed by atoms with Crippen molar-refractivity contribution in [2.45, 2.75) is 13.1 Å². The van der Waals surface area contributed by atoms with Gasteiger partial charge in [-0.15, -0.1) is 0 Å². The zero-order chi connectivity index (χ0) is 18.4. The number of carbonyl (C=O) groups excluding carboxylic acids is 1. The predicted octanol–water partition coefficient (Wildman–Crippen LogP) is 4.92. The van der Waals surface area contributed by atoms with Crippen LogP contribution in [0.2, 0.25) is 0 Å². The van der Waals surface area contributed by atoms with Gasteiger partial charge in [0.05, 0.1) is 24.4 Å². The molecule has 0 radical (unpaired) electrons. The summed E-state index contributed by atoms with van der Waals surface area (Å²) in [7, 11) is 0. The minimum atomic E-state index is -4.48. The molecule has 0 fully saturated rings. The maximum atomic E-state index is 12.9. The summed E-state index contributed by atoms with van der Waals surface area (Å²) in [4.78, 5) is 12.0. The molecule has 25 heavy (non-hydrogen) atoms. The molecule has 8 heteroatoms. The molecule has 0 bridgehead atoms. The average molecular weight is 417 g/mol. The number of halogens is 4. The van der Waals surface area contributed by atoms with Crippen molar-refractivity contribution in [2.75, 3.05) is 23.8 Å². The smallest absolute Gasteiger partial charge is 0.417 e. The van der Waals surface area contributed by atoms with Gasteiger partial charge >= 0.3 is 6.18 Å². The second-order valence-corrected chi connectivity index (χ2v) is 5.88. The van der Waals surface area contributed by atoms with Crippen LogP contribution in [-0.2, 0) is 11.0 Å². The Labute approximate surface area is 151 Å². The summed E-state index contributed by atoms with van der Waals surface area (Å²) in [6.07, 6.45) is -4.48. The standard InChI is InChI=1S/C17H16BrF3N2O2/c1-2-25-15-6-4-3-5-14(15)23-16(24)10-22-11-7-8-13(18)12(9-11)17(19,20)21/h3-9,22H,2,10H2,1H3,(H,23,24). The van der Waals surface area contributed by atoms with Crippen LogP contribution in [0.15, 0.2) is 46.9 Å². The average Bonchev–Trinajstić information content (AvgIpc) is 2.55. The van der Waals surface area contributed by atoms with E-state index < -0.39 is 17.6 Å². The monoisotopic (exact) mass is 416 g/mol. The molecule has 0 aliphatic rings. The lowest BCUT2D eigenvalue weighted by molar-refractivity contribution is -0.138. The van der Waals surface area contributed by atoms with Crippen LogP contribution in [0.5, 0.6) is 5.75 Å². The van der Waals surface area contributed by atoms with Crippen molar-refractivity contribution in [1.82, 2.24) is 0 Å². The molecule has 0 saturated carbocycles. The molecular formula is C17H16BrF3N2O2. The number of benzene rings is 2. The van der Waals surface area contributed by atoms with Gasteiger partial charge in [0.25, 0.3) is 0 Å². The third-order valence-corrected chi connectivity index (χ3v) is 3.88. The first kappa shape index (κ1) is 19.1. The summed E-state index contributed by atoms with van der Waals surface area (Å²) in [6, 6.07) is 10.6. The van der Waals surface area contributed by atoms with Gasteiger partial charge in [0, 0.05) is 10.2 Å². The fourth-order valence-electron chi connectivity index (χ4n) is 2.08. The SMILES string of the molecule is CCOc1ccccc1NC(=O)CNc1ccc(Br)c(C(F)(F)F)c1. The Kier molecular flexibility index (Phi) is 6.30. The third kappa shape index (κ3) is 5.38. The van der Waals surface area contributed by atoms with Crippen LogP contribution >= 0.6 is 15.9 Å². The van der Waals surface area contributed by atoms with Gasteiger partial charge < -0.3 is 15.4 Å². The summed E-state index contributed by atoms with van der Waals surface area (Å²) in [5, 5.41) is 5.35. The molecule has 2 aromatic rings. The largest absolute Gasteiger partial charge is 0.492 e. The van der Waals surface area contributed by atoms with E-state index in [1.807, 2.05) is 6.92 Å². The summed E-state index contributed by atoms with van der Waals surface area (Å²) in [5.41, 5.74) is -0.105. The van der Waals surface area contributed by atoms with Crippen LogP contribution in [0, 0.1) is 0 Å². The minimum Gasteiger partial charge on any atom is -0.492 e.